The Labute approximate surface area is 149 Å². The van der Waals surface area contributed by atoms with Crippen molar-refractivity contribution in [2.24, 2.45) is 10.1 Å². The van der Waals surface area contributed by atoms with Gasteiger partial charge in [-0.05, 0) is 45.5 Å². The number of hydrogen-bond donors (Lipinski definition) is 0. The summed E-state index contributed by atoms with van der Waals surface area (Å²) in [6.07, 6.45) is 0.932. The van der Waals surface area contributed by atoms with Gasteiger partial charge in [0.15, 0.2) is 0 Å². The van der Waals surface area contributed by atoms with Crippen LogP contribution in [0.1, 0.15) is 38.8 Å². The molecule has 6 heteroatoms. The molecule has 0 aromatic heterocycles. The number of nitrogens with zero attached hydrogens (tertiary/aromatic N) is 5. The summed E-state index contributed by atoms with van der Waals surface area (Å²) in [7, 11) is 2.16. The van der Waals surface area contributed by atoms with Gasteiger partial charge in [-0.15, -0.1) is 0 Å². The van der Waals surface area contributed by atoms with Crippen LogP contribution in [0, 0.1) is 0 Å². The van der Waals surface area contributed by atoms with Crippen molar-refractivity contribution in [1.82, 2.24) is 14.8 Å². The van der Waals surface area contributed by atoms with Gasteiger partial charge in [-0.2, -0.15) is 5.10 Å². The highest BCUT2D eigenvalue weighted by Gasteiger charge is 2.31. The number of guanidine groups is 1. The van der Waals surface area contributed by atoms with Crippen LogP contribution in [0.5, 0.6) is 0 Å². The summed E-state index contributed by atoms with van der Waals surface area (Å²) in [5, 5.41) is 7.68. The fourth-order valence-electron chi connectivity index (χ4n) is 3.03. The van der Waals surface area contributed by atoms with E-state index in [0.29, 0.717) is 0 Å². The molecule has 1 unspecified atom stereocenters. The predicted molar refractivity (Wildman–Crippen MR) is 101 cm³/mol. The maximum absolute atomic E-state index is 6.21. The van der Waals surface area contributed by atoms with Crippen LogP contribution >= 0.6 is 11.6 Å². The average Bonchev–Trinajstić information content (AvgIpc) is 2.58. The van der Waals surface area contributed by atoms with Crippen LogP contribution < -0.4 is 0 Å². The minimum Gasteiger partial charge on any atom is -0.338 e. The highest BCUT2D eigenvalue weighted by Crippen LogP contribution is 2.37. The predicted octanol–water partition coefficient (Wildman–Crippen LogP) is 3.74. The van der Waals surface area contributed by atoms with Crippen LogP contribution in [-0.2, 0) is 0 Å². The van der Waals surface area contributed by atoms with Gasteiger partial charge in [-0.25, -0.2) is 10.0 Å². The van der Waals surface area contributed by atoms with Gasteiger partial charge in [0.2, 0.25) is 5.96 Å². The molecule has 0 saturated carbocycles. The summed E-state index contributed by atoms with van der Waals surface area (Å²) in [5.41, 5.74) is 3.24. The molecule has 1 aromatic rings. The first-order valence-corrected chi connectivity index (χ1v) is 9.02. The van der Waals surface area contributed by atoms with E-state index in [-0.39, 0.29) is 6.04 Å². The van der Waals surface area contributed by atoms with Crippen molar-refractivity contribution in [3.05, 3.63) is 28.8 Å². The van der Waals surface area contributed by atoms with Gasteiger partial charge >= 0.3 is 0 Å². The quantitative estimate of drug-likeness (QED) is 0.764. The fraction of sp³-hybridized carbons (Fsp3) is 0.556. The number of rotatable bonds is 2. The van der Waals surface area contributed by atoms with Gasteiger partial charge in [0, 0.05) is 42.5 Å². The van der Waals surface area contributed by atoms with E-state index in [9.17, 15) is 0 Å². The Morgan fingerprint density at radius 3 is 2.67 bits per heavy atom. The van der Waals surface area contributed by atoms with Crippen molar-refractivity contribution in [2.75, 3.05) is 33.2 Å². The van der Waals surface area contributed by atoms with Gasteiger partial charge in [-0.3, -0.25) is 0 Å². The molecule has 2 aliphatic heterocycles. The largest absolute Gasteiger partial charge is 0.338 e. The molecule has 2 heterocycles. The molecule has 1 atom stereocenters. The molecule has 24 heavy (non-hydrogen) atoms. The highest BCUT2D eigenvalue weighted by atomic mass is 35.5. The number of likely N-dealkylation sites (N-methyl/N-ethyl adjacent to an activating group) is 1. The first-order chi connectivity index (χ1) is 11.5. The van der Waals surface area contributed by atoms with E-state index < -0.39 is 0 Å². The second-order valence-corrected chi connectivity index (χ2v) is 7.05. The van der Waals surface area contributed by atoms with E-state index in [1.54, 1.807) is 0 Å². The zero-order valence-corrected chi connectivity index (χ0v) is 15.7. The van der Waals surface area contributed by atoms with Crippen molar-refractivity contribution in [1.29, 1.82) is 0 Å². The van der Waals surface area contributed by atoms with E-state index in [1.807, 2.05) is 18.2 Å². The summed E-state index contributed by atoms with van der Waals surface area (Å²) < 4.78 is 0. The number of piperazine rings is 1. The number of halogens is 1. The standard InChI is InChI=1S/C18H26ClN5/c1-5-13(2)21-24-14(3)16-12-15(19)6-7-17(16)20-18(24)23-10-8-22(4)9-11-23/h6-7,12,14H,5,8-11H2,1-4H3/b21-13+. The number of hydrazone groups is 1. The van der Waals surface area contributed by atoms with Crippen molar-refractivity contribution in [3.63, 3.8) is 0 Å². The van der Waals surface area contributed by atoms with Crippen LogP contribution in [0.2, 0.25) is 5.02 Å². The normalized spacial score (nSPS) is 22.5. The summed E-state index contributed by atoms with van der Waals surface area (Å²) in [4.78, 5) is 9.64. The summed E-state index contributed by atoms with van der Waals surface area (Å²) in [6, 6.07) is 6.05. The third-order valence-corrected chi connectivity index (χ3v) is 5.04. The molecule has 0 spiro atoms. The Hall–Kier alpha value is -1.59. The molecule has 0 radical (unpaired) electrons. The molecule has 5 nitrogen and oxygen atoms in total. The Morgan fingerprint density at radius 1 is 1.29 bits per heavy atom. The maximum atomic E-state index is 6.21. The summed E-state index contributed by atoms with van der Waals surface area (Å²) >= 11 is 6.21. The Balaban J connectivity index is 2.01. The SMILES string of the molecule is CC/C(C)=N/N1C(N2CCN(C)CC2)=Nc2ccc(Cl)cc2C1C. The minimum absolute atomic E-state index is 0.118. The van der Waals surface area contributed by atoms with E-state index in [2.05, 4.69) is 42.6 Å². The van der Waals surface area contributed by atoms with Gasteiger partial charge in [-0.1, -0.05) is 18.5 Å². The Morgan fingerprint density at radius 2 is 2.00 bits per heavy atom. The molecule has 1 aromatic carbocycles. The topological polar surface area (TPSA) is 34.4 Å². The van der Waals surface area contributed by atoms with Gasteiger partial charge in [0.25, 0.3) is 0 Å². The Kier molecular flexibility index (Phi) is 5.11. The van der Waals surface area contributed by atoms with Crippen molar-refractivity contribution < 1.29 is 0 Å². The van der Waals surface area contributed by atoms with Crippen molar-refractivity contribution in [3.8, 4) is 0 Å². The first-order valence-electron chi connectivity index (χ1n) is 8.64. The van der Waals surface area contributed by atoms with Crippen LogP contribution in [0.4, 0.5) is 5.69 Å². The van der Waals surface area contributed by atoms with Crippen LogP contribution in [0.15, 0.2) is 28.3 Å². The molecule has 1 fully saturated rings. The first kappa shape index (κ1) is 17.2. The lowest BCUT2D eigenvalue weighted by Crippen LogP contribution is -2.52. The minimum atomic E-state index is 0.118. The van der Waals surface area contributed by atoms with Gasteiger partial charge < -0.3 is 9.80 Å². The number of benzene rings is 1. The lowest BCUT2D eigenvalue weighted by Gasteiger charge is -2.41. The summed E-state index contributed by atoms with van der Waals surface area (Å²) in [6.45, 7) is 10.4. The zero-order chi connectivity index (χ0) is 17.3. The molecule has 0 amide bonds. The van der Waals surface area contributed by atoms with Crippen molar-refractivity contribution in [2.45, 2.75) is 33.2 Å². The smallest absolute Gasteiger partial charge is 0.223 e. The molecule has 2 aliphatic rings. The van der Waals surface area contributed by atoms with Crippen LogP contribution in [0.25, 0.3) is 0 Å². The summed E-state index contributed by atoms with van der Waals surface area (Å²) in [5.74, 6) is 0.957. The molecule has 1 saturated heterocycles. The number of aliphatic imine (C=N–C) groups is 1. The fourth-order valence-corrected chi connectivity index (χ4v) is 3.21. The van der Waals surface area contributed by atoms with E-state index in [4.69, 9.17) is 21.7 Å². The average molecular weight is 348 g/mol. The van der Waals surface area contributed by atoms with E-state index in [0.717, 1.165) is 60.5 Å². The second kappa shape index (κ2) is 7.11. The van der Waals surface area contributed by atoms with E-state index >= 15 is 0 Å². The molecule has 0 N–H and O–H groups in total. The van der Waals surface area contributed by atoms with Crippen LogP contribution in [0.3, 0.4) is 0 Å². The maximum Gasteiger partial charge on any atom is 0.223 e. The van der Waals surface area contributed by atoms with Gasteiger partial charge in [0.1, 0.15) is 0 Å². The molecular formula is C18H26ClN5. The zero-order valence-electron chi connectivity index (χ0n) is 15.0. The number of fused-ring (bicyclic) bond motifs is 1. The Bertz CT molecular complexity index is 661. The third kappa shape index (κ3) is 3.42. The number of hydrogen-bond acceptors (Lipinski definition) is 5. The van der Waals surface area contributed by atoms with Gasteiger partial charge in [0.05, 0.1) is 11.7 Å². The highest BCUT2D eigenvalue weighted by molar-refractivity contribution is 6.30. The van der Waals surface area contributed by atoms with Crippen LogP contribution in [-0.4, -0.2) is 59.7 Å². The molecular weight excluding hydrogens is 322 g/mol. The molecule has 0 aliphatic carbocycles. The monoisotopic (exact) mass is 347 g/mol. The second-order valence-electron chi connectivity index (χ2n) is 6.61. The van der Waals surface area contributed by atoms with E-state index in [1.165, 1.54) is 0 Å². The van der Waals surface area contributed by atoms with Crippen molar-refractivity contribution >= 4 is 29.0 Å². The molecule has 130 valence electrons. The lowest BCUT2D eigenvalue weighted by atomic mass is 10.0. The molecule has 3 rings (SSSR count). The lowest BCUT2D eigenvalue weighted by molar-refractivity contribution is 0.186. The third-order valence-electron chi connectivity index (χ3n) is 4.81. The molecule has 0 bridgehead atoms.